The Morgan fingerprint density at radius 3 is 2.58 bits per heavy atom. The Labute approximate surface area is 113 Å². The van der Waals surface area contributed by atoms with Gasteiger partial charge in [0.25, 0.3) is 0 Å². The molecule has 0 unspecified atom stereocenters. The van der Waals surface area contributed by atoms with E-state index in [0.29, 0.717) is 25.2 Å². The van der Waals surface area contributed by atoms with Crippen LogP contribution in [0.1, 0.15) is 5.56 Å². The lowest BCUT2D eigenvalue weighted by atomic mass is 10.1. The summed E-state index contributed by atoms with van der Waals surface area (Å²) in [6, 6.07) is 9.07. The molecule has 0 saturated carbocycles. The number of nitrogens with zero attached hydrogens (tertiary/aromatic N) is 3. The Kier molecular flexibility index (Phi) is 4.03. The first-order valence-corrected chi connectivity index (χ1v) is 6.18. The molecule has 0 radical (unpaired) electrons. The second-order valence-electron chi connectivity index (χ2n) is 4.91. The van der Waals surface area contributed by atoms with E-state index in [2.05, 4.69) is 6.07 Å². The largest absolute Gasteiger partial charge is 0.487 e. The van der Waals surface area contributed by atoms with Gasteiger partial charge in [0.15, 0.2) is 0 Å². The van der Waals surface area contributed by atoms with Gasteiger partial charge in [0, 0.05) is 0 Å². The van der Waals surface area contributed by atoms with E-state index in [4.69, 9.17) is 10.00 Å². The molecule has 1 heterocycles. The highest BCUT2D eigenvalue weighted by molar-refractivity contribution is 5.79. The SMILES string of the molecule is CN(C)CC(=O)N1CC(Oc2ccc(C#N)cc2)C1. The number of nitriles is 1. The number of benzene rings is 1. The summed E-state index contributed by atoms with van der Waals surface area (Å²) in [5.74, 6) is 0.869. The van der Waals surface area contributed by atoms with E-state index in [1.54, 1.807) is 29.2 Å². The van der Waals surface area contributed by atoms with E-state index in [0.717, 1.165) is 5.75 Å². The first-order valence-electron chi connectivity index (χ1n) is 6.18. The fourth-order valence-corrected chi connectivity index (χ4v) is 1.89. The second-order valence-corrected chi connectivity index (χ2v) is 4.91. The summed E-state index contributed by atoms with van der Waals surface area (Å²) in [6.07, 6.45) is 0.0547. The maximum absolute atomic E-state index is 11.7. The van der Waals surface area contributed by atoms with Crippen LogP contribution in [0.15, 0.2) is 24.3 Å². The van der Waals surface area contributed by atoms with Crippen LogP contribution in [0.25, 0.3) is 0 Å². The van der Waals surface area contributed by atoms with Crippen molar-refractivity contribution in [1.29, 1.82) is 5.26 Å². The summed E-state index contributed by atoms with van der Waals surface area (Å²) in [4.78, 5) is 15.4. The minimum atomic E-state index is 0.0547. The Morgan fingerprint density at radius 2 is 2.05 bits per heavy atom. The molecule has 1 aromatic carbocycles. The van der Waals surface area contributed by atoms with E-state index >= 15 is 0 Å². The molecule has 1 fully saturated rings. The third kappa shape index (κ3) is 3.46. The van der Waals surface area contributed by atoms with Gasteiger partial charge in [-0.15, -0.1) is 0 Å². The van der Waals surface area contributed by atoms with E-state index in [1.165, 1.54) is 0 Å². The molecule has 100 valence electrons. The summed E-state index contributed by atoms with van der Waals surface area (Å²) < 4.78 is 5.72. The first-order chi connectivity index (χ1) is 9.08. The zero-order valence-corrected chi connectivity index (χ0v) is 11.2. The summed E-state index contributed by atoms with van der Waals surface area (Å²) in [7, 11) is 3.75. The van der Waals surface area contributed by atoms with Crippen molar-refractivity contribution in [2.24, 2.45) is 0 Å². The van der Waals surface area contributed by atoms with Crippen molar-refractivity contribution in [3.05, 3.63) is 29.8 Å². The maximum atomic E-state index is 11.7. The van der Waals surface area contributed by atoms with Gasteiger partial charge in [-0.25, -0.2) is 0 Å². The van der Waals surface area contributed by atoms with Crippen molar-refractivity contribution in [3.8, 4) is 11.8 Å². The lowest BCUT2D eigenvalue weighted by Crippen LogP contribution is -2.57. The second kappa shape index (κ2) is 5.72. The third-order valence-corrected chi connectivity index (χ3v) is 2.94. The summed E-state index contributed by atoms with van der Waals surface area (Å²) in [5.41, 5.74) is 0.615. The quantitative estimate of drug-likeness (QED) is 0.799. The zero-order chi connectivity index (χ0) is 13.8. The van der Waals surface area contributed by atoms with Gasteiger partial charge in [-0.2, -0.15) is 5.26 Å². The third-order valence-electron chi connectivity index (χ3n) is 2.94. The molecule has 0 aliphatic carbocycles. The lowest BCUT2D eigenvalue weighted by Gasteiger charge is -2.39. The van der Waals surface area contributed by atoms with Gasteiger partial charge in [-0.1, -0.05) is 0 Å². The van der Waals surface area contributed by atoms with Gasteiger partial charge >= 0.3 is 0 Å². The molecule has 1 aliphatic heterocycles. The van der Waals surface area contributed by atoms with Crippen LogP contribution in [0, 0.1) is 11.3 Å². The smallest absolute Gasteiger partial charge is 0.236 e. The van der Waals surface area contributed by atoms with E-state index in [1.807, 2.05) is 19.0 Å². The molecule has 0 atom stereocenters. The van der Waals surface area contributed by atoms with Crippen LogP contribution in [0.3, 0.4) is 0 Å². The topological polar surface area (TPSA) is 56.6 Å². The van der Waals surface area contributed by atoms with Crippen LogP contribution in [0.2, 0.25) is 0 Å². The Morgan fingerprint density at radius 1 is 1.42 bits per heavy atom. The van der Waals surface area contributed by atoms with Crippen molar-refractivity contribution in [3.63, 3.8) is 0 Å². The van der Waals surface area contributed by atoms with E-state index < -0.39 is 0 Å². The van der Waals surface area contributed by atoms with Gasteiger partial charge < -0.3 is 14.5 Å². The Hall–Kier alpha value is -2.06. The fraction of sp³-hybridized carbons (Fsp3) is 0.429. The number of likely N-dealkylation sites (N-methyl/N-ethyl adjacent to an activating group) is 1. The van der Waals surface area contributed by atoms with Gasteiger partial charge in [0.2, 0.25) is 5.91 Å². The molecule has 0 spiro atoms. The van der Waals surface area contributed by atoms with Crippen molar-refractivity contribution >= 4 is 5.91 Å². The molecule has 0 bridgehead atoms. The van der Waals surface area contributed by atoms with Crippen LogP contribution in [-0.4, -0.2) is 55.5 Å². The monoisotopic (exact) mass is 259 g/mol. The van der Waals surface area contributed by atoms with Crippen LogP contribution in [0.5, 0.6) is 5.75 Å². The highest BCUT2D eigenvalue weighted by Crippen LogP contribution is 2.18. The van der Waals surface area contributed by atoms with Gasteiger partial charge in [0.05, 0.1) is 31.3 Å². The van der Waals surface area contributed by atoms with E-state index in [9.17, 15) is 4.79 Å². The number of ether oxygens (including phenoxy) is 1. The molecule has 1 aromatic rings. The van der Waals surface area contributed by atoms with Crippen LogP contribution in [-0.2, 0) is 4.79 Å². The van der Waals surface area contributed by atoms with Crippen LogP contribution in [0.4, 0.5) is 0 Å². The molecule has 2 rings (SSSR count). The minimum Gasteiger partial charge on any atom is -0.487 e. The van der Waals surface area contributed by atoms with Crippen LogP contribution >= 0.6 is 0 Å². The number of amides is 1. The standard InChI is InChI=1S/C14H17N3O2/c1-16(2)10-14(18)17-8-13(9-17)19-12-5-3-11(7-15)4-6-12/h3-6,13H,8-10H2,1-2H3. The van der Waals surface area contributed by atoms with Crippen molar-refractivity contribution < 1.29 is 9.53 Å². The number of carbonyl (C=O) groups excluding carboxylic acids is 1. The molecule has 5 nitrogen and oxygen atoms in total. The van der Waals surface area contributed by atoms with Crippen molar-refractivity contribution in [2.75, 3.05) is 33.7 Å². The average Bonchev–Trinajstić information content (AvgIpc) is 2.33. The zero-order valence-electron chi connectivity index (χ0n) is 11.2. The van der Waals surface area contributed by atoms with Crippen molar-refractivity contribution in [2.45, 2.75) is 6.10 Å². The number of carbonyl (C=O) groups is 1. The molecular formula is C14H17N3O2. The molecule has 19 heavy (non-hydrogen) atoms. The van der Waals surface area contributed by atoms with Crippen molar-refractivity contribution in [1.82, 2.24) is 9.80 Å². The van der Waals surface area contributed by atoms with Crippen LogP contribution < -0.4 is 4.74 Å². The maximum Gasteiger partial charge on any atom is 0.236 e. The molecule has 1 amide bonds. The molecular weight excluding hydrogens is 242 g/mol. The Bertz CT molecular complexity index is 484. The molecule has 1 saturated heterocycles. The Balaban J connectivity index is 1.78. The molecule has 0 N–H and O–H groups in total. The summed E-state index contributed by atoms with van der Waals surface area (Å²) in [5, 5.41) is 8.70. The summed E-state index contributed by atoms with van der Waals surface area (Å²) >= 11 is 0. The molecule has 0 aromatic heterocycles. The van der Waals surface area contributed by atoms with Gasteiger partial charge in [-0.05, 0) is 38.4 Å². The van der Waals surface area contributed by atoms with E-state index in [-0.39, 0.29) is 12.0 Å². The number of likely N-dealkylation sites (tertiary alicyclic amines) is 1. The summed E-state index contributed by atoms with van der Waals surface area (Å²) in [6.45, 7) is 1.70. The highest BCUT2D eigenvalue weighted by Gasteiger charge is 2.32. The number of rotatable bonds is 4. The molecule has 5 heteroatoms. The normalized spacial score (nSPS) is 14.9. The molecule has 1 aliphatic rings. The van der Waals surface area contributed by atoms with Gasteiger partial charge in [0.1, 0.15) is 11.9 Å². The fourth-order valence-electron chi connectivity index (χ4n) is 1.89. The van der Waals surface area contributed by atoms with Gasteiger partial charge in [-0.3, -0.25) is 4.79 Å². The number of hydrogen-bond acceptors (Lipinski definition) is 4. The minimum absolute atomic E-state index is 0.0547. The number of hydrogen-bond donors (Lipinski definition) is 0. The predicted molar refractivity (Wildman–Crippen MR) is 70.7 cm³/mol. The average molecular weight is 259 g/mol. The first kappa shape index (κ1) is 13.4. The highest BCUT2D eigenvalue weighted by atomic mass is 16.5. The lowest BCUT2D eigenvalue weighted by molar-refractivity contribution is -0.140. The predicted octanol–water partition coefficient (Wildman–Crippen LogP) is 0.709.